The maximum absolute atomic E-state index is 11.9. The summed E-state index contributed by atoms with van der Waals surface area (Å²) in [6.45, 7) is 6.61. The summed E-state index contributed by atoms with van der Waals surface area (Å²) in [5.74, 6) is 0.157. The molecule has 0 saturated heterocycles. The van der Waals surface area contributed by atoms with E-state index in [1.54, 1.807) is 12.3 Å². The summed E-state index contributed by atoms with van der Waals surface area (Å²) in [5, 5.41) is 0.487. The Hall–Kier alpha value is -1.13. The molecule has 0 bridgehead atoms. The van der Waals surface area contributed by atoms with Gasteiger partial charge >= 0.3 is 0 Å². The van der Waals surface area contributed by atoms with E-state index in [2.05, 4.69) is 4.98 Å². The number of halogens is 1. The molecule has 0 aliphatic carbocycles. The van der Waals surface area contributed by atoms with Crippen molar-refractivity contribution >= 4 is 17.5 Å². The van der Waals surface area contributed by atoms with E-state index in [4.69, 9.17) is 11.6 Å². The summed E-state index contributed by atoms with van der Waals surface area (Å²) in [5.41, 5.74) is 1.05. The van der Waals surface area contributed by atoms with Crippen LogP contribution >= 0.6 is 11.6 Å². The Morgan fingerprint density at radius 3 is 2.50 bits per heavy atom. The number of pyridine rings is 1. The molecule has 1 aromatic heterocycles. The fourth-order valence-electron chi connectivity index (χ4n) is 1.77. The number of carbonyl (C=O) groups excluding carboxylic acids is 1. The highest BCUT2D eigenvalue weighted by Crippen LogP contribution is 2.07. The average Bonchev–Trinajstić information content (AvgIpc) is 2.33. The van der Waals surface area contributed by atoms with Gasteiger partial charge in [-0.15, -0.1) is 0 Å². The minimum atomic E-state index is 0.157. The van der Waals surface area contributed by atoms with Crippen molar-refractivity contribution in [1.82, 2.24) is 14.8 Å². The molecule has 5 heteroatoms. The molecule has 0 spiro atoms. The van der Waals surface area contributed by atoms with E-state index in [1.165, 1.54) is 0 Å². The highest BCUT2D eigenvalue weighted by molar-refractivity contribution is 6.29. The van der Waals surface area contributed by atoms with E-state index in [0.29, 0.717) is 18.2 Å². The molecule has 0 aromatic carbocycles. The van der Waals surface area contributed by atoms with Crippen LogP contribution in [-0.4, -0.2) is 47.4 Å². The number of hydrogen-bond acceptors (Lipinski definition) is 3. The Balaban J connectivity index is 2.48. The molecular weight excluding hydrogens is 250 g/mol. The number of amides is 1. The zero-order chi connectivity index (χ0) is 13.5. The molecule has 1 amide bonds. The van der Waals surface area contributed by atoms with E-state index < -0.39 is 0 Å². The third-order valence-corrected chi connectivity index (χ3v) is 2.99. The smallest absolute Gasteiger partial charge is 0.236 e. The molecule has 0 radical (unpaired) electrons. The van der Waals surface area contributed by atoms with Gasteiger partial charge in [0.25, 0.3) is 0 Å². The molecule has 0 saturated carbocycles. The molecule has 1 rings (SSSR count). The molecular formula is C13H20ClN3O. The van der Waals surface area contributed by atoms with Crippen molar-refractivity contribution in [2.45, 2.75) is 20.4 Å². The lowest BCUT2D eigenvalue weighted by Crippen LogP contribution is -2.38. The van der Waals surface area contributed by atoms with Crippen molar-refractivity contribution in [2.75, 3.05) is 26.7 Å². The molecule has 0 fully saturated rings. The second kappa shape index (κ2) is 7.34. The lowest BCUT2D eigenvalue weighted by Gasteiger charge is -2.23. The van der Waals surface area contributed by atoms with Crippen molar-refractivity contribution in [3.8, 4) is 0 Å². The van der Waals surface area contributed by atoms with Gasteiger partial charge in [0.2, 0.25) is 5.91 Å². The van der Waals surface area contributed by atoms with Gasteiger partial charge in [0.05, 0.1) is 6.54 Å². The van der Waals surface area contributed by atoms with E-state index in [0.717, 1.165) is 18.7 Å². The minimum Gasteiger partial charge on any atom is -0.342 e. The van der Waals surface area contributed by atoms with Gasteiger partial charge in [-0.25, -0.2) is 4.98 Å². The third-order valence-electron chi connectivity index (χ3n) is 2.76. The van der Waals surface area contributed by atoms with Crippen LogP contribution in [0.3, 0.4) is 0 Å². The number of nitrogens with zero attached hydrogens (tertiary/aromatic N) is 3. The Kier molecular flexibility index (Phi) is 6.09. The number of hydrogen-bond donors (Lipinski definition) is 0. The number of rotatable bonds is 6. The van der Waals surface area contributed by atoms with Crippen molar-refractivity contribution in [1.29, 1.82) is 0 Å². The fraction of sp³-hybridized carbons (Fsp3) is 0.538. The lowest BCUT2D eigenvalue weighted by molar-refractivity contribution is -0.131. The van der Waals surface area contributed by atoms with Gasteiger partial charge in [0.15, 0.2) is 0 Å². The van der Waals surface area contributed by atoms with Crippen molar-refractivity contribution < 1.29 is 4.79 Å². The summed E-state index contributed by atoms with van der Waals surface area (Å²) < 4.78 is 0. The van der Waals surface area contributed by atoms with E-state index >= 15 is 0 Å². The van der Waals surface area contributed by atoms with Crippen molar-refractivity contribution in [3.63, 3.8) is 0 Å². The van der Waals surface area contributed by atoms with Gasteiger partial charge in [0, 0.05) is 25.8 Å². The molecule has 0 N–H and O–H groups in total. The number of likely N-dealkylation sites (N-methyl/N-ethyl adjacent to an activating group) is 2. The minimum absolute atomic E-state index is 0.157. The van der Waals surface area contributed by atoms with Crippen LogP contribution in [-0.2, 0) is 11.3 Å². The van der Waals surface area contributed by atoms with Gasteiger partial charge in [-0.05, 0) is 32.5 Å². The largest absolute Gasteiger partial charge is 0.342 e. The SMILES string of the molecule is CCN(CC)C(=O)CN(C)Cc1ccc(Cl)nc1. The van der Waals surface area contributed by atoms with Gasteiger partial charge < -0.3 is 4.90 Å². The summed E-state index contributed by atoms with van der Waals surface area (Å²) in [6.07, 6.45) is 1.74. The highest BCUT2D eigenvalue weighted by atomic mass is 35.5. The molecule has 0 aliphatic heterocycles. The molecule has 1 aromatic rings. The Morgan fingerprint density at radius 2 is 2.00 bits per heavy atom. The topological polar surface area (TPSA) is 36.4 Å². The normalized spacial score (nSPS) is 10.7. The second-order valence-electron chi connectivity index (χ2n) is 4.23. The number of carbonyl (C=O) groups is 1. The molecule has 100 valence electrons. The standard InChI is InChI=1S/C13H20ClN3O/c1-4-17(5-2)13(18)10-16(3)9-11-6-7-12(14)15-8-11/h6-8H,4-5,9-10H2,1-3H3. The van der Waals surface area contributed by atoms with Crippen LogP contribution in [0.5, 0.6) is 0 Å². The molecule has 4 nitrogen and oxygen atoms in total. The fourth-order valence-corrected chi connectivity index (χ4v) is 1.89. The Morgan fingerprint density at radius 1 is 1.33 bits per heavy atom. The molecule has 0 aliphatic rings. The van der Waals surface area contributed by atoms with Crippen molar-refractivity contribution in [2.24, 2.45) is 0 Å². The molecule has 0 unspecified atom stereocenters. The van der Waals surface area contributed by atoms with Crippen LogP contribution in [0.25, 0.3) is 0 Å². The van der Waals surface area contributed by atoms with Crippen LogP contribution in [0, 0.1) is 0 Å². The van der Waals surface area contributed by atoms with Gasteiger partial charge in [0.1, 0.15) is 5.15 Å². The summed E-state index contributed by atoms with van der Waals surface area (Å²) in [4.78, 5) is 19.7. The first-order valence-corrected chi connectivity index (χ1v) is 6.51. The van der Waals surface area contributed by atoms with E-state index in [-0.39, 0.29) is 5.91 Å². The summed E-state index contributed by atoms with van der Waals surface area (Å²) in [7, 11) is 1.93. The zero-order valence-corrected chi connectivity index (χ0v) is 11.9. The molecule has 0 atom stereocenters. The first kappa shape index (κ1) is 14.9. The van der Waals surface area contributed by atoms with Gasteiger partial charge in [-0.1, -0.05) is 17.7 Å². The zero-order valence-electron chi connectivity index (χ0n) is 11.2. The maximum atomic E-state index is 11.9. The quantitative estimate of drug-likeness (QED) is 0.742. The predicted octanol–water partition coefficient (Wildman–Crippen LogP) is 2.04. The summed E-state index contributed by atoms with van der Waals surface area (Å²) in [6, 6.07) is 3.69. The lowest BCUT2D eigenvalue weighted by atomic mass is 10.2. The van der Waals surface area contributed by atoms with Crippen LogP contribution in [0.4, 0.5) is 0 Å². The Bertz CT molecular complexity index is 376. The van der Waals surface area contributed by atoms with Gasteiger partial charge in [-0.3, -0.25) is 9.69 Å². The monoisotopic (exact) mass is 269 g/mol. The van der Waals surface area contributed by atoms with Crippen LogP contribution in [0.1, 0.15) is 19.4 Å². The van der Waals surface area contributed by atoms with Crippen LogP contribution in [0.2, 0.25) is 5.15 Å². The van der Waals surface area contributed by atoms with E-state index in [9.17, 15) is 4.79 Å². The Labute approximate surface area is 114 Å². The third kappa shape index (κ3) is 4.63. The number of aromatic nitrogens is 1. The second-order valence-corrected chi connectivity index (χ2v) is 4.61. The molecule has 1 heterocycles. The van der Waals surface area contributed by atoms with E-state index in [1.807, 2.05) is 36.8 Å². The van der Waals surface area contributed by atoms with Crippen LogP contribution in [0.15, 0.2) is 18.3 Å². The first-order valence-electron chi connectivity index (χ1n) is 6.13. The first-order chi connectivity index (χ1) is 8.56. The van der Waals surface area contributed by atoms with Crippen molar-refractivity contribution in [3.05, 3.63) is 29.0 Å². The maximum Gasteiger partial charge on any atom is 0.236 e. The molecule has 18 heavy (non-hydrogen) atoms. The van der Waals surface area contributed by atoms with Gasteiger partial charge in [-0.2, -0.15) is 0 Å². The predicted molar refractivity (Wildman–Crippen MR) is 73.5 cm³/mol. The average molecular weight is 270 g/mol. The summed E-state index contributed by atoms with van der Waals surface area (Å²) >= 11 is 5.73. The van der Waals surface area contributed by atoms with Crippen LogP contribution < -0.4 is 0 Å². The highest BCUT2D eigenvalue weighted by Gasteiger charge is 2.12.